The molecule has 2 heterocycles. The molecule has 2 N–H and O–H groups in total. The number of fused-ring (bicyclic) bond motifs is 1. The fourth-order valence-electron chi connectivity index (χ4n) is 3.96. The van der Waals surface area contributed by atoms with Crippen LogP contribution in [0.2, 0.25) is 5.02 Å². The fourth-order valence-corrected chi connectivity index (χ4v) is 4.13. The Kier molecular flexibility index (Phi) is 9.54. The minimum Gasteiger partial charge on any atom is -0.491 e. The van der Waals surface area contributed by atoms with Crippen LogP contribution in [0.4, 0.5) is 0 Å². The van der Waals surface area contributed by atoms with E-state index in [9.17, 15) is 14.4 Å². The normalized spacial score (nSPS) is 18.1. The van der Waals surface area contributed by atoms with E-state index in [2.05, 4.69) is 29.5 Å². The second kappa shape index (κ2) is 12.6. The van der Waals surface area contributed by atoms with E-state index in [0.29, 0.717) is 48.8 Å². The maximum atomic E-state index is 13.0. The minimum absolute atomic E-state index is 0.0251. The summed E-state index contributed by atoms with van der Waals surface area (Å²) in [6, 6.07) is 4.55. The molecule has 0 radical (unpaired) electrons. The average Bonchev–Trinajstić information content (AvgIpc) is 3.29. The van der Waals surface area contributed by atoms with Crippen molar-refractivity contribution in [2.45, 2.75) is 58.5 Å². The molecule has 190 valence electrons. The van der Waals surface area contributed by atoms with E-state index in [1.807, 2.05) is 17.7 Å². The van der Waals surface area contributed by atoms with Crippen molar-refractivity contribution in [3.63, 3.8) is 0 Å². The van der Waals surface area contributed by atoms with Crippen molar-refractivity contribution in [3.8, 4) is 5.75 Å². The number of hydrogen-bond donors (Lipinski definition) is 2. The molecule has 1 aromatic heterocycles. The van der Waals surface area contributed by atoms with Gasteiger partial charge in [0.05, 0.1) is 18.2 Å². The van der Waals surface area contributed by atoms with E-state index in [1.54, 1.807) is 29.3 Å². The summed E-state index contributed by atoms with van der Waals surface area (Å²) in [5.41, 5.74) is 0.350. The molecule has 3 amide bonds. The molecule has 0 unspecified atom stereocenters. The van der Waals surface area contributed by atoms with Crippen LogP contribution in [-0.2, 0) is 16.1 Å². The first-order valence-corrected chi connectivity index (χ1v) is 12.4. The van der Waals surface area contributed by atoms with Gasteiger partial charge in [0.1, 0.15) is 18.2 Å². The molecule has 9 nitrogen and oxygen atoms in total. The van der Waals surface area contributed by atoms with Gasteiger partial charge in [-0.3, -0.25) is 14.4 Å². The van der Waals surface area contributed by atoms with Crippen molar-refractivity contribution in [2.24, 2.45) is 0 Å². The highest BCUT2D eigenvalue weighted by Crippen LogP contribution is 2.23. The fraction of sp³-hybridized carbons (Fsp3) is 0.520. The zero-order chi connectivity index (χ0) is 25.4. The molecule has 3 rings (SSSR count). The monoisotopic (exact) mass is 503 g/mol. The van der Waals surface area contributed by atoms with Crippen LogP contribution < -0.4 is 15.4 Å². The number of aromatic nitrogens is 2. The highest BCUT2D eigenvalue weighted by atomic mass is 35.5. The maximum Gasteiger partial charge on any atom is 0.255 e. The van der Waals surface area contributed by atoms with Crippen LogP contribution in [0, 0.1) is 0 Å². The molecule has 1 atom stereocenters. The third kappa shape index (κ3) is 7.71. The van der Waals surface area contributed by atoms with Gasteiger partial charge in [-0.25, -0.2) is 4.98 Å². The van der Waals surface area contributed by atoms with Gasteiger partial charge in [-0.15, -0.1) is 0 Å². The summed E-state index contributed by atoms with van der Waals surface area (Å²) in [6.45, 7) is 7.44. The number of hydrogen-bond acceptors (Lipinski definition) is 5. The van der Waals surface area contributed by atoms with Gasteiger partial charge in [-0.05, 0) is 38.0 Å². The molecule has 0 bridgehead atoms. The third-order valence-corrected chi connectivity index (χ3v) is 5.98. The van der Waals surface area contributed by atoms with Crippen LogP contribution >= 0.6 is 11.6 Å². The number of carbonyl (C=O) groups is 3. The first kappa shape index (κ1) is 26.5. The molecule has 0 saturated carbocycles. The smallest absolute Gasteiger partial charge is 0.255 e. The number of rotatable bonds is 4. The number of ether oxygens (including phenoxy) is 1. The van der Waals surface area contributed by atoms with E-state index in [1.165, 1.54) is 0 Å². The first-order chi connectivity index (χ1) is 16.7. The standard InChI is InChI=1S/C25H34ClN5O4/c1-17(2)24-27-10-13-30(24)12-8-23(33)31-11-5-4-9-28-25(34)20-14-19(26)6-7-21(20)35-16-18(3)29-22(32)15-31/h6-7,10,13-14,17-18H,4-5,8-9,11-12,15-16H2,1-3H3,(H,28,34)(H,29,32)/t18-/m0/s1. The van der Waals surface area contributed by atoms with Crippen LogP contribution in [0.25, 0.3) is 0 Å². The molecule has 0 fully saturated rings. The summed E-state index contributed by atoms with van der Waals surface area (Å²) in [6.07, 6.45) is 5.19. The molecule has 2 aromatic rings. The van der Waals surface area contributed by atoms with E-state index in [-0.39, 0.29) is 49.3 Å². The predicted octanol–water partition coefficient (Wildman–Crippen LogP) is 2.99. The second-order valence-corrected chi connectivity index (χ2v) is 9.52. The number of halogens is 1. The molecule has 35 heavy (non-hydrogen) atoms. The Hall–Kier alpha value is -3.07. The Bertz CT molecular complexity index is 1040. The number of aryl methyl sites for hydroxylation is 1. The Labute approximate surface area is 211 Å². The topological polar surface area (TPSA) is 106 Å². The van der Waals surface area contributed by atoms with E-state index < -0.39 is 0 Å². The number of nitrogens with zero attached hydrogens (tertiary/aromatic N) is 3. The van der Waals surface area contributed by atoms with Gasteiger partial charge >= 0.3 is 0 Å². The molecule has 1 aliphatic heterocycles. The largest absolute Gasteiger partial charge is 0.491 e. The highest BCUT2D eigenvalue weighted by molar-refractivity contribution is 6.31. The van der Waals surface area contributed by atoms with Gasteiger partial charge < -0.3 is 24.8 Å². The zero-order valence-corrected chi connectivity index (χ0v) is 21.3. The third-order valence-electron chi connectivity index (χ3n) is 5.74. The first-order valence-electron chi connectivity index (χ1n) is 12.0. The van der Waals surface area contributed by atoms with Gasteiger partial charge in [-0.1, -0.05) is 25.4 Å². The molecule has 1 aliphatic rings. The lowest BCUT2D eigenvalue weighted by Gasteiger charge is -2.24. The number of nitrogens with one attached hydrogen (secondary N) is 2. The number of benzene rings is 1. The van der Waals surface area contributed by atoms with Crippen molar-refractivity contribution in [1.29, 1.82) is 0 Å². The molecule has 0 spiro atoms. The lowest BCUT2D eigenvalue weighted by atomic mass is 10.1. The lowest BCUT2D eigenvalue weighted by Crippen LogP contribution is -2.45. The average molecular weight is 504 g/mol. The quantitative estimate of drug-likeness (QED) is 0.667. The minimum atomic E-state index is -0.323. The lowest BCUT2D eigenvalue weighted by molar-refractivity contribution is -0.136. The van der Waals surface area contributed by atoms with Crippen LogP contribution in [0.3, 0.4) is 0 Å². The number of amides is 3. The number of carbonyl (C=O) groups excluding carboxylic acids is 3. The number of imidazole rings is 1. The van der Waals surface area contributed by atoms with Crippen molar-refractivity contribution in [3.05, 3.63) is 47.0 Å². The summed E-state index contributed by atoms with van der Waals surface area (Å²) >= 11 is 6.08. The maximum absolute atomic E-state index is 13.0. The van der Waals surface area contributed by atoms with Crippen molar-refractivity contribution in [2.75, 3.05) is 26.2 Å². The molecule has 10 heteroatoms. The van der Waals surface area contributed by atoms with E-state index >= 15 is 0 Å². The Morgan fingerprint density at radius 3 is 2.86 bits per heavy atom. The molecule has 0 saturated heterocycles. The molecule has 0 aliphatic carbocycles. The second-order valence-electron chi connectivity index (χ2n) is 9.08. The van der Waals surface area contributed by atoms with Gasteiger partial charge in [-0.2, -0.15) is 0 Å². The summed E-state index contributed by atoms with van der Waals surface area (Å²) in [4.78, 5) is 44.4. The Morgan fingerprint density at radius 1 is 1.29 bits per heavy atom. The van der Waals surface area contributed by atoms with Crippen LogP contribution in [-0.4, -0.2) is 64.5 Å². The molecular weight excluding hydrogens is 470 g/mol. The van der Waals surface area contributed by atoms with Crippen LogP contribution in [0.5, 0.6) is 5.75 Å². The van der Waals surface area contributed by atoms with Crippen LogP contribution in [0.1, 0.15) is 62.1 Å². The zero-order valence-electron chi connectivity index (χ0n) is 20.6. The van der Waals surface area contributed by atoms with E-state index in [4.69, 9.17) is 16.3 Å². The Balaban J connectivity index is 1.66. The Morgan fingerprint density at radius 2 is 2.09 bits per heavy atom. The van der Waals surface area contributed by atoms with Crippen molar-refractivity contribution < 1.29 is 19.1 Å². The van der Waals surface area contributed by atoms with Crippen molar-refractivity contribution >= 4 is 29.3 Å². The van der Waals surface area contributed by atoms with Crippen molar-refractivity contribution in [1.82, 2.24) is 25.1 Å². The van der Waals surface area contributed by atoms with Crippen LogP contribution in [0.15, 0.2) is 30.6 Å². The summed E-state index contributed by atoms with van der Waals surface area (Å²) in [5.74, 6) is 0.969. The summed E-state index contributed by atoms with van der Waals surface area (Å²) < 4.78 is 7.79. The van der Waals surface area contributed by atoms with Gasteiger partial charge in [0, 0.05) is 49.4 Å². The van der Waals surface area contributed by atoms with Gasteiger partial charge in [0.15, 0.2) is 0 Å². The van der Waals surface area contributed by atoms with E-state index in [0.717, 1.165) is 5.82 Å². The summed E-state index contributed by atoms with van der Waals surface area (Å²) in [5, 5.41) is 6.21. The predicted molar refractivity (Wildman–Crippen MR) is 134 cm³/mol. The highest BCUT2D eigenvalue weighted by Gasteiger charge is 2.20. The SMILES string of the molecule is CC(C)c1nccn1CCC(=O)N1CCCCNC(=O)c2cc(Cl)ccc2OC[C@H](C)NC(=O)C1. The molecular formula is C25H34ClN5O4. The van der Waals surface area contributed by atoms with Gasteiger partial charge in [0.2, 0.25) is 11.8 Å². The summed E-state index contributed by atoms with van der Waals surface area (Å²) in [7, 11) is 0. The molecule has 1 aromatic carbocycles. The van der Waals surface area contributed by atoms with Gasteiger partial charge in [0.25, 0.3) is 5.91 Å².